The van der Waals surface area contributed by atoms with Gasteiger partial charge in [-0.3, -0.25) is 0 Å². The highest BCUT2D eigenvalue weighted by Gasteiger charge is 2.17. The number of hydrogen-bond donors (Lipinski definition) is 0. The molecule has 0 amide bonds. The van der Waals surface area contributed by atoms with Crippen molar-refractivity contribution in [2.24, 2.45) is 0 Å². The topological polar surface area (TPSA) is 25.8 Å². The zero-order valence-corrected chi connectivity index (χ0v) is 24.8. The Morgan fingerprint density at radius 2 is 0.911 bits per heavy atom. The predicted molar refractivity (Wildman–Crippen MR) is 189 cm³/mol. The Labute approximate surface area is 263 Å². The fraction of sp³-hybridized carbons (Fsp3) is 0.0233. The molecule has 0 spiro atoms. The summed E-state index contributed by atoms with van der Waals surface area (Å²) in [5.74, 6) is 0.717. The van der Waals surface area contributed by atoms with Crippen LogP contribution in [-0.4, -0.2) is 9.97 Å². The second-order valence-corrected chi connectivity index (χ2v) is 11.4. The van der Waals surface area contributed by atoms with E-state index in [1.54, 1.807) is 0 Å². The maximum absolute atomic E-state index is 5.24. The maximum atomic E-state index is 5.24. The van der Waals surface area contributed by atoms with Crippen LogP contribution in [0, 0.1) is 0 Å². The predicted octanol–water partition coefficient (Wildman–Crippen LogP) is 11.4. The molecule has 0 saturated heterocycles. The van der Waals surface area contributed by atoms with Gasteiger partial charge >= 0.3 is 0 Å². The highest BCUT2D eigenvalue weighted by molar-refractivity contribution is 5.92. The number of hydrogen-bond acceptors (Lipinski definition) is 2. The Bertz CT molecular complexity index is 2210. The lowest BCUT2D eigenvalue weighted by Gasteiger charge is -2.16. The van der Waals surface area contributed by atoms with Crippen LogP contribution >= 0.6 is 0 Å². The van der Waals surface area contributed by atoms with Crippen LogP contribution in [0.4, 0.5) is 0 Å². The van der Waals surface area contributed by atoms with Gasteiger partial charge in [0.15, 0.2) is 5.82 Å². The van der Waals surface area contributed by atoms with Gasteiger partial charge in [0.05, 0.1) is 11.4 Å². The van der Waals surface area contributed by atoms with E-state index in [0.717, 1.165) is 45.7 Å². The van der Waals surface area contributed by atoms with Gasteiger partial charge in [-0.25, -0.2) is 9.97 Å². The summed E-state index contributed by atoms with van der Waals surface area (Å²) in [7, 11) is 0. The first-order valence-electron chi connectivity index (χ1n) is 15.4. The Morgan fingerprint density at radius 3 is 1.60 bits per heavy atom. The first-order valence-corrected chi connectivity index (χ1v) is 15.4. The third kappa shape index (κ3) is 5.28. The number of aromatic nitrogens is 2. The molecule has 0 radical (unpaired) electrons. The molecule has 0 saturated carbocycles. The van der Waals surface area contributed by atoms with Crippen LogP contribution < -0.4 is 0 Å². The molecule has 0 N–H and O–H groups in total. The van der Waals surface area contributed by atoms with Crippen molar-refractivity contribution < 1.29 is 0 Å². The normalized spacial score (nSPS) is 12.2. The van der Waals surface area contributed by atoms with Gasteiger partial charge in [0.1, 0.15) is 0 Å². The smallest absolute Gasteiger partial charge is 0.160 e. The average molecular weight is 575 g/mol. The zero-order chi connectivity index (χ0) is 30.0. The van der Waals surface area contributed by atoms with Crippen molar-refractivity contribution in [1.29, 1.82) is 0 Å². The Hall–Kier alpha value is -5.86. The van der Waals surface area contributed by atoms with Gasteiger partial charge in [0, 0.05) is 16.7 Å². The van der Waals surface area contributed by atoms with E-state index in [1.165, 1.54) is 38.8 Å². The summed E-state index contributed by atoms with van der Waals surface area (Å²) in [6, 6.07) is 51.3. The van der Waals surface area contributed by atoms with E-state index in [9.17, 15) is 0 Å². The third-order valence-corrected chi connectivity index (χ3v) is 8.49. The quantitative estimate of drug-likeness (QED) is 0.204. The molecule has 0 fully saturated rings. The van der Waals surface area contributed by atoms with Gasteiger partial charge in [-0.05, 0) is 68.8 Å². The number of rotatable bonds is 5. The number of benzene rings is 6. The molecule has 0 atom stereocenters. The van der Waals surface area contributed by atoms with Crippen LogP contribution in [-0.2, 0) is 0 Å². The van der Waals surface area contributed by atoms with Crippen LogP contribution in [0.1, 0.15) is 17.5 Å². The van der Waals surface area contributed by atoms with Crippen molar-refractivity contribution >= 4 is 22.9 Å². The molecule has 0 unspecified atom stereocenters. The molecule has 45 heavy (non-hydrogen) atoms. The van der Waals surface area contributed by atoms with Crippen molar-refractivity contribution in [3.8, 4) is 56.2 Å². The lowest BCUT2D eigenvalue weighted by Crippen LogP contribution is -1.99. The summed E-state index contributed by atoms with van der Waals surface area (Å²) in [6.07, 6.45) is 9.87. The molecule has 0 aliphatic heterocycles. The van der Waals surface area contributed by atoms with Crippen LogP contribution in [0.25, 0.3) is 79.1 Å². The molecular formula is C43H30N2. The average Bonchev–Trinajstić information content (AvgIpc) is 3.38. The van der Waals surface area contributed by atoms with Gasteiger partial charge in [0.2, 0.25) is 0 Å². The van der Waals surface area contributed by atoms with Crippen molar-refractivity contribution in [2.75, 3.05) is 0 Å². The largest absolute Gasteiger partial charge is 0.228 e. The molecular weight excluding hydrogens is 544 g/mol. The Kier molecular flexibility index (Phi) is 6.94. The molecule has 1 aliphatic rings. The Balaban J connectivity index is 1.29. The molecule has 1 aliphatic carbocycles. The minimum absolute atomic E-state index is 0.717. The first-order chi connectivity index (χ1) is 22.3. The summed E-state index contributed by atoms with van der Waals surface area (Å²) in [5.41, 5.74) is 12.2. The molecule has 1 heterocycles. The second-order valence-electron chi connectivity index (χ2n) is 11.4. The SMILES string of the molecule is C1=Cc2c(-c3ccccc3)ccc(-c3cc(-c4ccccc4)nc(-c4ccc5cc(-c6ccccc6)ccc5c4)n3)c2C=CC1. The van der Waals surface area contributed by atoms with Gasteiger partial charge in [-0.2, -0.15) is 0 Å². The molecule has 212 valence electrons. The number of nitrogens with zero attached hydrogens (tertiary/aromatic N) is 2. The molecule has 2 heteroatoms. The maximum Gasteiger partial charge on any atom is 0.160 e. The van der Waals surface area contributed by atoms with Crippen molar-refractivity contribution in [1.82, 2.24) is 9.97 Å². The van der Waals surface area contributed by atoms with Crippen LogP contribution in [0.2, 0.25) is 0 Å². The van der Waals surface area contributed by atoms with E-state index < -0.39 is 0 Å². The van der Waals surface area contributed by atoms with E-state index in [1.807, 2.05) is 6.07 Å². The second kappa shape index (κ2) is 11.7. The van der Waals surface area contributed by atoms with E-state index >= 15 is 0 Å². The van der Waals surface area contributed by atoms with Crippen molar-refractivity contribution in [3.63, 3.8) is 0 Å². The number of fused-ring (bicyclic) bond motifs is 2. The van der Waals surface area contributed by atoms with Crippen molar-refractivity contribution in [3.05, 3.63) is 169 Å². The zero-order valence-electron chi connectivity index (χ0n) is 24.8. The summed E-state index contributed by atoms with van der Waals surface area (Å²) < 4.78 is 0. The summed E-state index contributed by atoms with van der Waals surface area (Å²) in [4.78, 5) is 10.4. The monoisotopic (exact) mass is 574 g/mol. The fourth-order valence-corrected chi connectivity index (χ4v) is 6.20. The first kappa shape index (κ1) is 26.7. The van der Waals surface area contributed by atoms with Gasteiger partial charge in [0.25, 0.3) is 0 Å². The lowest BCUT2D eigenvalue weighted by atomic mass is 9.90. The van der Waals surface area contributed by atoms with Crippen LogP contribution in [0.3, 0.4) is 0 Å². The minimum Gasteiger partial charge on any atom is -0.228 e. The van der Waals surface area contributed by atoms with Crippen LogP contribution in [0.5, 0.6) is 0 Å². The molecule has 0 bridgehead atoms. The van der Waals surface area contributed by atoms with Crippen LogP contribution in [0.15, 0.2) is 158 Å². The molecule has 7 aromatic rings. The fourth-order valence-electron chi connectivity index (χ4n) is 6.20. The highest BCUT2D eigenvalue weighted by Crippen LogP contribution is 2.38. The summed E-state index contributed by atoms with van der Waals surface area (Å²) in [5, 5.41) is 2.36. The number of allylic oxidation sites excluding steroid dienone is 2. The minimum atomic E-state index is 0.717. The van der Waals surface area contributed by atoms with E-state index in [2.05, 4.69) is 164 Å². The lowest BCUT2D eigenvalue weighted by molar-refractivity contribution is 1.18. The highest BCUT2D eigenvalue weighted by atomic mass is 14.9. The standard InChI is InChI=1S/C43H30N2/c1-5-13-30(14-6-1)33-21-22-35-28-36(24-23-34(35)27-33)43-44-41(32-17-9-3-10-18-32)29-42(45-43)40-26-25-37(31-15-7-2-8-16-31)38-19-11-4-12-20-39(38)40/h1-3,5-29H,4H2. The Morgan fingerprint density at radius 1 is 0.378 bits per heavy atom. The molecule has 2 nitrogen and oxygen atoms in total. The molecule has 6 aromatic carbocycles. The van der Waals surface area contributed by atoms with E-state index in [0.29, 0.717) is 0 Å². The summed E-state index contributed by atoms with van der Waals surface area (Å²) >= 11 is 0. The summed E-state index contributed by atoms with van der Waals surface area (Å²) in [6.45, 7) is 0. The van der Waals surface area contributed by atoms with Gasteiger partial charge in [-0.15, -0.1) is 0 Å². The van der Waals surface area contributed by atoms with E-state index in [4.69, 9.17) is 9.97 Å². The van der Waals surface area contributed by atoms with Gasteiger partial charge < -0.3 is 0 Å². The van der Waals surface area contributed by atoms with E-state index in [-0.39, 0.29) is 0 Å². The van der Waals surface area contributed by atoms with Gasteiger partial charge in [-0.1, -0.05) is 152 Å². The molecule has 8 rings (SSSR count). The third-order valence-electron chi connectivity index (χ3n) is 8.49. The molecule has 1 aromatic heterocycles. The van der Waals surface area contributed by atoms with Crippen molar-refractivity contribution in [2.45, 2.75) is 6.42 Å².